The monoisotopic (exact) mass is 397 g/mol. The van der Waals surface area contributed by atoms with Gasteiger partial charge in [-0.05, 0) is 31.4 Å². The molecular formula is C20H27N7O2. The van der Waals surface area contributed by atoms with Gasteiger partial charge in [0.1, 0.15) is 6.54 Å². The average Bonchev–Trinajstić information content (AvgIpc) is 3.23. The van der Waals surface area contributed by atoms with Gasteiger partial charge in [0.25, 0.3) is 0 Å². The SMILES string of the molecule is Cc1ccc(-c2nnn(CC(=O)N3CCN(C(=O)N4CCCCC4)CC3)n2)cc1. The lowest BCUT2D eigenvalue weighted by atomic mass is 10.1. The van der Waals surface area contributed by atoms with Gasteiger partial charge < -0.3 is 14.7 Å². The Morgan fingerprint density at radius 3 is 2.17 bits per heavy atom. The van der Waals surface area contributed by atoms with Gasteiger partial charge >= 0.3 is 6.03 Å². The molecule has 2 aliphatic rings. The van der Waals surface area contributed by atoms with Crippen LogP contribution in [0, 0.1) is 6.92 Å². The van der Waals surface area contributed by atoms with Crippen LogP contribution in [-0.2, 0) is 11.3 Å². The lowest BCUT2D eigenvalue weighted by molar-refractivity contribution is -0.133. The van der Waals surface area contributed by atoms with Crippen molar-refractivity contribution in [1.29, 1.82) is 0 Å². The van der Waals surface area contributed by atoms with Crippen LogP contribution in [0.25, 0.3) is 11.4 Å². The fourth-order valence-electron chi connectivity index (χ4n) is 3.78. The van der Waals surface area contributed by atoms with Crippen molar-refractivity contribution < 1.29 is 9.59 Å². The summed E-state index contributed by atoms with van der Waals surface area (Å²) in [5.41, 5.74) is 2.04. The quantitative estimate of drug-likeness (QED) is 0.781. The number of hydrogen-bond acceptors (Lipinski definition) is 5. The Labute approximate surface area is 170 Å². The number of aromatic nitrogens is 4. The highest BCUT2D eigenvalue weighted by Crippen LogP contribution is 2.15. The molecule has 154 valence electrons. The molecule has 29 heavy (non-hydrogen) atoms. The smallest absolute Gasteiger partial charge is 0.320 e. The third-order valence-electron chi connectivity index (χ3n) is 5.57. The van der Waals surface area contributed by atoms with Gasteiger partial charge in [0.15, 0.2) is 0 Å². The molecule has 4 rings (SSSR count). The van der Waals surface area contributed by atoms with Gasteiger partial charge in [-0.3, -0.25) is 4.79 Å². The minimum atomic E-state index is -0.0528. The van der Waals surface area contributed by atoms with Gasteiger partial charge in [-0.15, -0.1) is 10.2 Å². The van der Waals surface area contributed by atoms with Crippen molar-refractivity contribution in [2.75, 3.05) is 39.3 Å². The summed E-state index contributed by atoms with van der Waals surface area (Å²) in [6.07, 6.45) is 3.37. The van der Waals surface area contributed by atoms with E-state index in [1.807, 2.05) is 41.0 Å². The maximum atomic E-state index is 12.6. The normalized spacial score (nSPS) is 17.5. The topological polar surface area (TPSA) is 87.5 Å². The predicted octanol–water partition coefficient (Wildman–Crippen LogP) is 1.40. The highest BCUT2D eigenvalue weighted by molar-refractivity contribution is 5.77. The maximum Gasteiger partial charge on any atom is 0.320 e. The molecule has 0 unspecified atom stereocenters. The number of tetrazole rings is 1. The van der Waals surface area contributed by atoms with Crippen molar-refractivity contribution in [1.82, 2.24) is 34.9 Å². The zero-order valence-corrected chi connectivity index (χ0v) is 16.8. The Balaban J connectivity index is 1.29. The molecule has 0 spiro atoms. The summed E-state index contributed by atoms with van der Waals surface area (Å²) in [5, 5.41) is 12.4. The standard InChI is InChI=1S/C20H27N7O2/c1-16-5-7-17(8-6-16)19-21-23-27(22-19)15-18(28)24-11-13-26(14-12-24)20(29)25-9-3-2-4-10-25/h5-8H,2-4,9-15H2,1H3. The van der Waals surface area contributed by atoms with E-state index in [9.17, 15) is 9.59 Å². The molecule has 9 heteroatoms. The van der Waals surface area contributed by atoms with Crippen LogP contribution < -0.4 is 0 Å². The van der Waals surface area contributed by atoms with E-state index in [2.05, 4.69) is 15.4 Å². The van der Waals surface area contributed by atoms with E-state index in [1.54, 1.807) is 4.90 Å². The number of carbonyl (C=O) groups excluding carboxylic acids is 2. The number of carbonyl (C=O) groups is 2. The van der Waals surface area contributed by atoms with E-state index < -0.39 is 0 Å². The third-order valence-corrected chi connectivity index (χ3v) is 5.57. The molecule has 2 aromatic rings. The summed E-state index contributed by atoms with van der Waals surface area (Å²) < 4.78 is 0. The molecule has 0 aliphatic carbocycles. The number of aryl methyl sites for hydroxylation is 1. The molecule has 9 nitrogen and oxygen atoms in total. The molecule has 3 heterocycles. The lowest BCUT2D eigenvalue weighted by Crippen LogP contribution is -2.55. The molecule has 0 N–H and O–H groups in total. The van der Waals surface area contributed by atoms with E-state index in [0.717, 1.165) is 37.1 Å². The second kappa shape index (κ2) is 8.59. The van der Waals surface area contributed by atoms with E-state index in [4.69, 9.17) is 0 Å². The van der Waals surface area contributed by atoms with Gasteiger partial charge in [-0.2, -0.15) is 4.80 Å². The first-order valence-corrected chi connectivity index (χ1v) is 10.3. The average molecular weight is 397 g/mol. The molecule has 0 bridgehead atoms. The second-order valence-electron chi connectivity index (χ2n) is 7.71. The van der Waals surface area contributed by atoms with Crippen LogP contribution in [0.1, 0.15) is 24.8 Å². The molecule has 1 aromatic heterocycles. The molecule has 0 atom stereocenters. The van der Waals surface area contributed by atoms with Crippen molar-refractivity contribution in [3.63, 3.8) is 0 Å². The Morgan fingerprint density at radius 2 is 1.48 bits per heavy atom. The Bertz CT molecular complexity index is 850. The highest BCUT2D eigenvalue weighted by Gasteiger charge is 2.28. The molecule has 2 aliphatic heterocycles. The zero-order chi connectivity index (χ0) is 20.2. The minimum absolute atomic E-state index is 0.0528. The Hall–Kier alpha value is -2.97. The van der Waals surface area contributed by atoms with Crippen LogP contribution in [0.15, 0.2) is 24.3 Å². The number of rotatable bonds is 3. The van der Waals surface area contributed by atoms with Crippen LogP contribution in [0.3, 0.4) is 0 Å². The first kappa shape index (κ1) is 19.4. The first-order chi connectivity index (χ1) is 14.1. The molecular weight excluding hydrogens is 370 g/mol. The third kappa shape index (κ3) is 4.55. The number of likely N-dealkylation sites (tertiary alicyclic amines) is 1. The summed E-state index contributed by atoms with van der Waals surface area (Å²) >= 11 is 0. The summed E-state index contributed by atoms with van der Waals surface area (Å²) in [6.45, 7) is 5.99. The largest absolute Gasteiger partial charge is 0.337 e. The van der Waals surface area contributed by atoms with Gasteiger partial charge in [0, 0.05) is 44.8 Å². The van der Waals surface area contributed by atoms with Crippen LogP contribution in [0.5, 0.6) is 0 Å². The Morgan fingerprint density at radius 1 is 0.862 bits per heavy atom. The second-order valence-corrected chi connectivity index (χ2v) is 7.71. The van der Waals surface area contributed by atoms with E-state index >= 15 is 0 Å². The summed E-state index contributed by atoms with van der Waals surface area (Å²) in [5.74, 6) is 0.456. The van der Waals surface area contributed by atoms with Crippen molar-refractivity contribution in [2.45, 2.75) is 32.7 Å². The van der Waals surface area contributed by atoms with Crippen molar-refractivity contribution in [3.8, 4) is 11.4 Å². The van der Waals surface area contributed by atoms with Gasteiger partial charge in [0.05, 0.1) is 0 Å². The number of amides is 3. The number of piperazine rings is 1. The molecule has 2 fully saturated rings. The van der Waals surface area contributed by atoms with Crippen molar-refractivity contribution in [3.05, 3.63) is 29.8 Å². The molecule has 3 amide bonds. The van der Waals surface area contributed by atoms with Crippen LogP contribution >= 0.6 is 0 Å². The van der Waals surface area contributed by atoms with Crippen LogP contribution in [0.2, 0.25) is 0 Å². The number of urea groups is 1. The molecule has 0 radical (unpaired) electrons. The number of benzene rings is 1. The lowest BCUT2D eigenvalue weighted by Gasteiger charge is -2.38. The fourth-order valence-corrected chi connectivity index (χ4v) is 3.78. The predicted molar refractivity (Wildman–Crippen MR) is 107 cm³/mol. The van der Waals surface area contributed by atoms with Gasteiger partial charge in [-0.25, -0.2) is 4.79 Å². The maximum absolute atomic E-state index is 12.6. The fraction of sp³-hybridized carbons (Fsp3) is 0.550. The van der Waals surface area contributed by atoms with E-state index in [-0.39, 0.29) is 18.5 Å². The summed E-state index contributed by atoms with van der Waals surface area (Å²) in [7, 11) is 0. The zero-order valence-electron chi connectivity index (χ0n) is 16.8. The molecule has 1 aromatic carbocycles. The number of piperidine rings is 1. The summed E-state index contributed by atoms with van der Waals surface area (Å²) in [6, 6.07) is 7.98. The number of hydrogen-bond donors (Lipinski definition) is 0. The van der Waals surface area contributed by atoms with Crippen LogP contribution in [0.4, 0.5) is 4.79 Å². The van der Waals surface area contributed by atoms with Gasteiger partial charge in [0.2, 0.25) is 11.7 Å². The Kier molecular flexibility index (Phi) is 5.73. The van der Waals surface area contributed by atoms with Crippen LogP contribution in [-0.4, -0.2) is 86.1 Å². The van der Waals surface area contributed by atoms with Gasteiger partial charge in [-0.1, -0.05) is 29.8 Å². The molecule has 2 saturated heterocycles. The first-order valence-electron chi connectivity index (χ1n) is 10.3. The van der Waals surface area contributed by atoms with E-state index in [0.29, 0.717) is 32.0 Å². The minimum Gasteiger partial charge on any atom is -0.337 e. The summed E-state index contributed by atoms with van der Waals surface area (Å²) in [4.78, 5) is 32.1. The number of nitrogens with zero attached hydrogens (tertiary/aromatic N) is 7. The van der Waals surface area contributed by atoms with Crippen molar-refractivity contribution in [2.24, 2.45) is 0 Å². The molecule has 0 saturated carbocycles. The van der Waals surface area contributed by atoms with E-state index in [1.165, 1.54) is 11.2 Å². The van der Waals surface area contributed by atoms with Crippen molar-refractivity contribution >= 4 is 11.9 Å². The highest BCUT2D eigenvalue weighted by atomic mass is 16.2.